The van der Waals surface area contributed by atoms with Gasteiger partial charge in [0.2, 0.25) is 0 Å². The number of aryl methyl sites for hydroxylation is 1. The minimum Gasteiger partial charge on any atom is -0.375 e. The minimum absolute atomic E-state index is 0.241. The molecule has 7 heteroatoms. The maximum absolute atomic E-state index is 12.6. The Morgan fingerprint density at radius 3 is 3.00 bits per heavy atom. The molecule has 3 aromatic rings. The molecule has 4 rings (SSSR count). The highest BCUT2D eigenvalue weighted by Gasteiger charge is 2.28. The van der Waals surface area contributed by atoms with E-state index in [2.05, 4.69) is 21.5 Å². The van der Waals surface area contributed by atoms with Gasteiger partial charge in [0.15, 0.2) is 16.6 Å². The van der Waals surface area contributed by atoms with Gasteiger partial charge in [0, 0.05) is 16.5 Å². The lowest BCUT2D eigenvalue weighted by molar-refractivity contribution is 0.0929. The second kappa shape index (κ2) is 5.76. The Balaban J connectivity index is 1.60. The fourth-order valence-corrected chi connectivity index (χ4v) is 3.65. The number of nitrogens with zero attached hydrogens (tertiary/aromatic N) is 2. The topological polar surface area (TPSA) is 94.0 Å². The minimum atomic E-state index is -0.251. The third kappa shape index (κ3) is 2.46. The van der Waals surface area contributed by atoms with E-state index in [1.54, 1.807) is 0 Å². The molecule has 6 nitrogen and oxygen atoms in total. The number of aromatic nitrogens is 2. The molecule has 1 aliphatic carbocycles. The fraction of sp³-hybridized carbons (Fsp3) is 0.235. The van der Waals surface area contributed by atoms with Gasteiger partial charge >= 0.3 is 0 Å². The van der Waals surface area contributed by atoms with Crippen LogP contribution in [0.15, 0.2) is 34.2 Å². The Bertz CT molecular complexity index is 915. The highest BCUT2D eigenvalue weighted by Crippen LogP contribution is 2.35. The van der Waals surface area contributed by atoms with E-state index in [0.717, 1.165) is 29.7 Å². The number of nitrogen functional groups attached to an aromatic ring is 1. The summed E-state index contributed by atoms with van der Waals surface area (Å²) in [6.45, 7) is 1.87. The van der Waals surface area contributed by atoms with Crippen LogP contribution in [-0.2, 0) is 12.8 Å². The van der Waals surface area contributed by atoms with Crippen LogP contribution >= 0.6 is 11.3 Å². The molecule has 1 atom stereocenters. The first-order valence-corrected chi connectivity index (χ1v) is 8.60. The average molecular weight is 340 g/mol. The Labute approximate surface area is 142 Å². The first-order valence-electron chi connectivity index (χ1n) is 7.72. The Kier molecular flexibility index (Phi) is 3.57. The van der Waals surface area contributed by atoms with E-state index >= 15 is 0 Å². The molecule has 122 valence electrons. The molecular weight excluding hydrogens is 324 g/mol. The van der Waals surface area contributed by atoms with Crippen LogP contribution in [-0.4, -0.2) is 16.0 Å². The summed E-state index contributed by atoms with van der Waals surface area (Å²) in [5, 5.41) is 9.26. The third-order valence-corrected chi connectivity index (χ3v) is 4.93. The number of carbonyl (C=O) groups excluding carboxylic acids is 1. The summed E-state index contributed by atoms with van der Waals surface area (Å²) in [6.07, 6.45) is 1.62. The highest BCUT2D eigenvalue weighted by molar-refractivity contribution is 7.13. The monoisotopic (exact) mass is 340 g/mol. The molecule has 0 saturated heterocycles. The maximum atomic E-state index is 12.6. The summed E-state index contributed by atoms with van der Waals surface area (Å²) in [7, 11) is 0. The Hall–Kier alpha value is -2.67. The van der Waals surface area contributed by atoms with Gasteiger partial charge in [0.25, 0.3) is 5.91 Å². The third-order valence-electron chi connectivity index (χ3n) is 4.24. The van der Waals surface area contributed by atoms with Crippen molar-refractivity contribution in [1.29, 1.82) is 0 Å². The van der Waals surface area contributed by atoms with Crippen LogP contribution < -0.4 is 11.1 Å². The van der Waals surface area contributed by atoms with Crippen molar-refractivity contribution in [3.63, 3.8) is 0 Å². The van der Waals surface area contributed by atoms with Crippen molar-refractivity contribution in [2.24, 2.45) is 0 Å². The quantitative estimate of drug-likeness (QED) is 0.764. The zero-order valence-corrected chi connectivity index (χ0v) is 13.9. The molecule has 0 bridgehead atoms. The van der Waals surface area contributed by atoms with E-state index in [1.165, 1.54) is 16.9 Å². The van der Waals surface area contributed by atoms with E-state index in [9.17, 15) is 4.79 Å². The molecule has 2 heterocycles. The van der Waals surface area contributed by atoms with Crippen LogP contribution in [0.2, 0.25) is 0 Å². The number of fused-ring (bicyclic) bond motifs is 3. The standard InChI is InChI=1S/C17H16N4O2S/c1-9(13-8-24-17(18)20-13)19-16(22)14-12-7-6-10-4-2-3-5-11(10)15(12)23-21-14/h2-5,8-9H,6-7H2,1H3,(H2,18,20)(H,19,22). The molecule has 1 aliphatic rings. The molecule has 3 N–H and O–H groups in total. The van der Waals surface area contributed by atoms with E-state index in [1.807, 2.05) is 30.5 Å². The number of rotatable bonds is 3. The molecular formula is C17H16N4O2S. The van der Waals surface area contributed by atoms with Crippen LogP contribution in [0.25, 0.3) is 11.3 Å². The SMILES string of the molecule is CC(NC(=O)c1noc2c1CCc1ccccc1-2)c1csc(N)n1. The summed E-state index contributed by atoms with van der Waals surface area (Å²) < 4.78 is 5.48. The number of hydrogen-bond donors (Lipinski definition) is 2. The van der Waals surface area contributed by atoms with Crippen LogP contribution in [0.5, 0.6) is 0 Å². The predicted molar refractivity (Wildman–Crippen MR) is 91.8 cm³/mol. The van der Waals surface area contributed by atoms with Crippen molar-refractivity contribution in [3.8, 4) is 11.3 Å². The zero-order valence-electron chi connectivity index (χ0n) is 13.1. The van der Waals surface area contributed by atoms with Crippen molar-refractivity contribution in [2.45, 2.75) is 25.8 Å². The van der Waals surface area contributed by atoms with E-state index in [0.29, 0.717) is 16.6 Å². The van der Waals surface area contributed by atoms with Crippen molar-refractivity contribution in [1.82, 2.24) is 15.5 Å². The van der Waals surface area contributed by atoms with Crippen LogP contribution in [0, 0.1) is 0 Å². The average Bonchev–Trinajstić information content (AvgIpc) is 3.21. The summed E-state index contributed by atoms with van der Waals surface area (Å²) in [4.78, 5) is 16.8. The number of benzene rings is 1. The van der Waals surface area contributed by atoms with Gasteiger partial charge in [-0.2, -0.15) is 0 Å². The Morgan fingerprint density at radius 2 is 2.21 bits per heavy atom. The van der Waals surface area contributed by atoms with Gasteiger partial charge in [-0.15, -0.1) is 11.3 Å². The predicted octanol–water partition coefficient (Wildman–Crippen LogP) is 2.97. The number of amides is 1. The number of thiazole rings is 1. The van der Waals surface area contributed by atoms with Crippen molar-refractivity contribution in [3.05, 3.63) is 52.2 Å². The fourth-order valence-electron chi connectivity index (χ4n) is 2.99. The zero-order chi connectivity index (χ0) is 16.7. The molecule has 0 spiro atoms. The van der Waals surface area contributed by atoms with E-state index < -0.39 is 0 Å². The lowest BCUT2D eigenvalue weighted by atomic mass is 9.89. The lowest BCUT2D eigenvalue weighted by Gasteiger charge is -2.15. The largest absolute Gasteiger partial charge is 0.375 e. The smallest absolute Gasteiger partial charge is 0.274 e. The molecule has 24 heavy (non-hydrogen) atoms. The van der Waals surface area contributed by atoms with E-state index in [4.69, 9.17) is 10.3 Å². The molecule has 0 aliphatic heterocycles. The van der Waals surface area contributed by atoms with Gasteiger partial charge < -0.3 is 15.6 Å². The molecule has 2 aromatic heterocycles. The second-order valence-corrected chi connectivity index (χ2v) is 6.69. The summed E-state index contributed by atoms with van der Waals surface area (Å²) in [5.74, 6) is 0.450. The number of anilines is 1. The van der Waals surface area contributed by atoms with E-state index in [-0.39, 0.29) is 11.9 Å². The Morgan fingerprint density at radius 1 is 1.38 bits per heavy atom. The van der Waals surface area contributed by atoms with Crippen molar-refractivity contribution in [2.75, 3.05) is 5.73 Å². The first kappa shape index (κ1) is 14.9. The molecule has 0 saturated carbocycles. The van der Waals surface area contributed by atoms with Gasteiger partial charge in [-0.05, 0) is 25.3 Å². The summed E-state index contributed by atoms with van der Waals surface area (Å²) in [6, 6.07) is 7.81. The number of hydrogen-bond acceptors (Lipinski definition) is 6. The number of carbonyl (C=O) groups is 1. The van der Waals surface area contributed by atoms with Gasteiger partial charge in [-0.25, -0.2) is 4.98 Å². The lowest BCUT2D eigenvalue weighted by Crippen LogP contribution is -2.28. The normalized spacial score (nSPS) is 13.9. The molecule has 1 amide bonds. The molecule has 1 aromatic carbocycles. The van der Waals surface area contributed by atoms with Crippen molar-refractivity contribution >= 4 is 22.4 Å². The number of nitrogens with one attached hydrogen (secondary N) is 1. The van der Waals surface area contributed by atoms with Crippen LogP contribution in [0.1, 0.15) is 40.3 Å². The highest BCUT2D eigenvalue weighted by atomic mass is 32.1. The van der Waals surface area contributed by atoms with Gasteiger partial charge in [-0.1, -0.05) is 29.4 Å². The van der Waals surface area contributed by atoms with Gasteiger partial charge in [0.05, 0.1) is 11.7 Å². The number of nitrogens with two attached hydrogens (primary N) is 1. The second-order valence-electron chi connectivity index (χ2n) is 5.80. The molecule has 0 fully saturated rings. The van der Waals surface area contributed by atoms with Gasteiger partial charge in [0.1, 0.15) is 0 Å². The summed E-state index contributed by atoms with van der Waals surface area (Å²) >= 11 is 1.35. The molecule has 0 radical (unpaired) electrons. The maximum Gasteiger partial charge on any atom is 0.274 e. The summed E-state index contributed by atoms with van der Waals surface area (Å²) in [5.41, 5.74) is 9.86. The van der Waals surface area contributed by atoms with Crippen molar-refractivity contribution < 1.29 is 9.32 Å². The van der Waals surface area contributed by atoms with Crippen LogP contribution in [0.3, 0.4) is 0 Å². The van der Waals surface area contributed by atoms with Crippen LogP contribution in [0.4, 0.5) is 5.13 Å². The first-order chi connectivity index (χ1) is 11.6. The molecule has 1 unspecified atom stereocenters. The van der Waals surface area contributed by atoms with Gasteiger partial charge in [-0.3, -0.25) is 4.79 Å².